The Labute approximate surface area is 126 Å². The smallest absolute Gasteiger partial charge is 0.313 e. The summed E-state index contributed by atoms with van der Waals surface area (Å²) in [5, 5.41) is 3.48. The Morgan fingerprint density at radius 1 is 1.29 bits per heavy atom. The normalized spacial score (nSPS) is 13.2. The Kier molecular flexibility index (Phi) is 4.85. The molecule has 0 spiro atoms. The van der Waals surface area contributed by atoms with E-state index < -0.39 is 17.8 Å². The minimum absolute atomic E-state index is 0.132. The molecule has 6 heteroatoms. The van der Waals surface area contributed by atoms with E-state index in [0.29, 0.717) is 11.4 Å². The lowest BCUT2D eigenvalue weighted by Crippen LogP contribution is -2.23. The second kappa shape index (κ2) is 6.45. The molecule has 2 aromatic rings. The molecule has 1 heterocycles. The van der Waals surface area contributed by atoms with Gasteiger partial charge in [0.25, 0.3) is 0 Å². The lowest BCUT2D eigenvalue weighted by atomic mass is 9.96. The maximum atomic E-state index is 13.1. The van der Waals surface area contributed by atoms with Crippen LogP contribution in [0.2, 0.25) is 5.02 Å². The van der Waals surface area contributed by atoms with Crippen molar-refractivity contribution in [3.05, 3.63) is 64.4 Å². The Morgan fingerprint density at radius 3 is 2.67 bits per heavy atom. The summed E-state index contributed by atoms with van der Waals surface area (Å²) in [6.07, 6.45) is -1.60. The molecule has 112 valence electrons. The van der Waals surface area contributed by atoms with Gasteiger partial charge in [-0.15, -0.1) is 0 Å². The number of nitrogens with zero attached hydrogens (tertiary/aromatic N) is 1. The fraction of sp³-hybridized carbons (Fsp3) is 0.267. The van der Waals surface area contributed by atoms with Crippen molar-refractivity contribution in [1.29, 1.82) is 0 Å². The summed E-state index contributed by atoms with van der Waals surface area (Å²) in [7, 11) is 1.63. The first kappa shape index (κ1) is 15.8. The number of hydrogen-bond donors (Lipinski definition) is 1. The number of alkyl halides is 3. The van der Waals surface area contributed by atoms with Gasteiger partial charge in [-0.25, -0.2) is 0 Å². The van der Waals surface area contributed by atoms with Crippen LogP contribution in [0.1, 0.15) is 22.7 Å². The zero-order valence-corrected chi connectivity index (χ0v) is 12.0. The van der Waals surface area contributed by atoms with Gasteiger partial charge in [-0.3, -0.25) is 4.98 Å². The maximum Gasteiger partial charge on any atom is 0.416 e. The average Bonchev–Trinajstić information content (AvgIpc) is 2.44. The highest BCUT2D eigenvalue weighted by atomic mass is 35.5. The van der Waals surface area contributed by atoms with Gasteiger partial charge in [-0.05, 0) is 42.8 Å². The van der Waals surface area contributed by atoms with Gasteiger partial charge >= 0.3 is 6.18 Å². The minimum Gasteiger partial charge on any atom is -0.313 e. The summed E-state index contributed by atoms with van der Waals surface area (Å²) >= 11 is 5.91. The van der Waals surface area contributed by atoms with E-state index in [-0.39, 0.29) is 5.56 Å². The molecule has 0 aliphatic rings. The molecule has 1 aromatic heterocycles. The van der Waals surface area contributed by atoms with Gasteiger partial charge in [0, 0.05) is 23.5 Å². The molecular weight excluding hydrogens is 301 g/mol. The van der Waals surface area contributed by atoms with Crippen molar-refractivity contribution in [3.63, 3.8) is 0 Å². The number of aromatic nitrogens is 1. The molecule has 0 aliphatic heterocycles. The second-order valence-electron chi connectivity index (χ2n) is 4.64. The van der Waals surface area contributed by atoms with Gasteiger partial charge in [0.1, 0.15) is 0 Å². The summed E-state index contributed by atoms with van der Waals surface area (Å²) < 4.78 is 39.2. The SMILES string of the molecule is CNC(Cc1cccc(Cl)c1)c1cnccc1C(F)(F)F. The van der Waals surface area contributed by atoms with Crippen molar-refractivity contribution in [2.75, 3.05) is 7.05 Å². The predicted molar refractivity (Wildman–Crippen MR) is 76.2 cm³/mol. The van der Waals surface area contributed by atoms with E-state index in [9.17, 15) is 13.2 Å². The minimum atomic E-state index is -4.40. The lowest BCUT2D eigenvalue weighted by molar-refractivity contribution is -0.138. The third-order valence-corrected chi connectivity index (χ3v) is 3.45. The van der Waals surface area contributed by atoms with Gasteiger partial charge < -0.3 is 5.32 Å². The van der Waals surface area contributed by atoms with Crippen LogP contribution in [0.15, 0.2) is 42.7 Å². The number of likely N-dealkylation sites (N-methyl/N-ethyl adjacent to an activating group) is 1. The van der Waals surface area contributed by atoms with Gasteiger partial charge in [0.2, 0.25) is 0 Å². The third kappa shape index (κ3) is 3.95. The summed E-state index contributed by atoms with van der Waals surface area (Å²) in [5.74, 6) is 0. The van der Waals surface area contributed by atoms with Gasteiger partial charge in [0.05, 0.1) is 5.56 Å². The first-order chi connectivity index (χ1) is 9.91. The average molecular weight is 315 g/mol. The topological polar surface area (TPSA) is 24.9 Å². The predicted octanol–water partition coefficient (Wildman–Crippen LogP) is 4.26. The standard InChI is InChI=1S/C15H14ClF3N2/c1-20-14(8-10-3-2-4-11(16)7-10)12-9-21-6-5-13(12)15(17,18)19/h2-7,9,14,20H,8H2,1H3. The third-order valence-electron chi connectivity index (χ3n) is 3.21. The van der Waals surface area contributed by atoms with E-state index in [4.69, 9.17) is 11.6 Å². The molecule has 0 saturated heterocycles. The fourth-order valence-electron chi connectivity index (χ4n) is 2.21. The monoisotopic (exact) mass is 314 g/mol. The molecule has 0 fully saturated rings. The zero-order valence-electron chi connectivity index (χ0n) is 11.3. The molecule has 1 aromatic carbocycles. The molecular formula is C15H14ClF3N2. The van der Waals surface area contributed by atoms with Crippen molar-refractivity contribution < 1.29 is 13.2 Å². The van der Waals surface area contributed by atoms with Crippen LogP contribution in [0.5, 0.6) is 0 Å². The Balaban J connectivity index is 2.34. The van der Waals surface area contributed by atoms with E-state index in [1.54, 1.807) is 25.2 Å². The van der Waals surface area contributed by atoms with E-state index >= 15 is 0 Å². The lowest BCUT2D eigenvalue weighted by Gasteiger charge is -2.21. The van der Waals surface area contributed by atoms with E-state index in [2.05, 4.69) is 10.3 Å². The van der Waals surface area contributed by atoms with Crippen LogP contribution >= 0.6 is 11.6 Å². The number of hydrogen-bond acceptors (Lipinski definition) is 2. The quantitative estimate of drug-likeness (QED) is 0.912. The van der Waals surface area contributed by atoms with Crippen molar-refractivity contribution in [2.24, 2.45) is 0 Å². The molecule has 21 heavy (non-hydrogen) atoms. The number of benzene rings is 1. The van der Waals surface area contributed by atoms with Crippen molar-refractivity contribution in [1.82, 2.24) is 10.3 Å². The number of halogens is 4. The molecule has 0 saturated carbocycles. The Bertz CT molecular complexity index is 614. The molecule has 1 atom stereocenters. The first-order valence-electron chi connectivity index (χ1n) is 6.34. The first-order valence-corrected chi connectivity index (χ1v) is 6.72. The summed E-state index contributed by atoms with van der Waals surface area (Å²) in [6, 6.07) is 7.59. The van der Waals surface area contributed by atoms with Crippen LogP contribution in [0, 0.1) is 0 Å². The van der Waals surface area contributed by atoms with E-state index in [1.807, 2.05) is 6.07 Å². The van der Waals surface area contributed by atoms with Crippen LogP contribution < -0.4 is 5.32 Å². The molecule has 0 radical (unpaired) electrons. The van der Waals surface area contributed by atoms with Crippen LogP contribution in [0.3, 0.4) is 0 Å². The molecule has 0 amide bonds. The van der Waals surface area contributed by atoms with Gasteiger partial charge in [0.15, 0.2) is 0 Å². The zero-order chi connectivity index (χ0) is 15.5. The molecule has 1 N–H and O–H groups in total. The number of rotatable bonds is 4. The van der Waals surface area contributed by atoms with Crippen LogP contribution in [0.25, 0.3) is 0 Å². The van der Waals surface area contributed by atoms with Crippen molar-refractivity contribution >= 4 is 11.6 Å². The highest BCUT2D eigenvalue weighted by Crippen LogP contribution is 2.35. The summed E-state index contributed by atoms with van der Waals surface area (Å²) in [5.41, 5.74) is 0.324. The van der Waals surface area contributed by atoms with Crippen LogP contribution in [-0.2, 0) is 12.6 Å². The fourth-order valence-corrected chi connectivity index (χ4v) is 2.42. The highest BCUT2D eigenvalue weighted by molar-refractivity contribution is 6.30. The Hall–Kier alpha value is -1.59. The van der Waals surface area contributed by atoms with Crippen LogP contribution in [0.4, 0.5) is 13.2 Å². The summed E-state index contributed by atoms with van der Waals surface area (Å²) in [6.45, 7) is 0. The highest BCUT2D eigenvalue weighted by Gasteiger charge is 2.35. The van der Waals surface area contributed by atoms with Gasteiger partial charge in [-0.1, -0.05) is 23.7 Å². The molecule has 0 bridgehead atoms. The second-order valence-corrected chi connectivity index (χ2v) is 5.07. The van der Waals surface area contributed by atoms with Crippen molar-refractivity contribution in [2.45, 2.75) is 18.6 Å². The largest absolute Gasteiger partial charge is 0.416 e. The summed E-state index contributed by atoms with van der Waals surface area (Å²) in [4.78, 5) is 3.82. The molecule has 2 rings (SSSR count). The molecule has 2 nitrogen and oxygen atoms in total. The number of nitrogens with one attached hydrogen (secondary N) is 1. The van der Waals surface area contributed by atoms with Crippen molar-refractivity contribution in [3.8, 4) is 0 Å². The van der Waals surface area contributed by atoms with E-state index in [1.165, 1.54) is 6.20 Å². The van der Waals surface area contributed by atoms with Gasteiger partial charge in [-0.2, -0.15) is 13.2 Å². The molecule has 0 aliphatic carbocycles. The Morgan fingerprint density at radius 2 is 2.05 bits per heavy atom. The maximum absolute atomic E-state index is 13.1. The number of pyridine rings is 1. The van der Waals surface area contributed by atoms with Crippen LogP contribution in [-0.4, -0.2) is 12.0 Å². The molecule has 1 unspecified atom stereocenters. The van der Waals surface area contributed by atoms with E-state index in [0.717, 1.165) is 17.8 Å².